The number of benzene rings is 1. The maximum Gasteiger partial charge on any atom is 0.324 e. The van der Waals surface area contributed by atoms with Gasteiger partial charge in [0.2, 0.25) is 0 Å². The molecule has 0 bridgehead atoms. The Balaban J connectivity index is 2.33. The zero-order valence-electron chi connectivity index (χ0n) is 15.8. The Morgan fingerprint density at radius 1 is 1.20 bits per heavy atom. The van der Waals surface area contributed by atoms with Gasteiger partial charge in [-0.2, -0.15) is 0 Å². The van der Waals surface area contributed by atoms with Crippen molar-refractivity contribution in [3.63, 3.8) is 0 Å². The second-order valence-electron chi connectivity index (χ2n) is 7.28. The van der Waals surface area contributed by atoms with Crippen LogP contribution in [0.4, 0.5) is 10.5 Å². The van der Waals surface area contributed by atoms with Crippen LogP contribution in [0.3, 0.4) is 0 Å². The average Bonchev–Trinajstić information content (AvgIpc) is 2.89. The van der Waals surface area contributed by atoms with Gasteiger partial charge < -0.3 is 4.90 Å². The molecular weight excluding hydrogens is 350 g/mol. The second kappa shape index (κ2) is 8.90. The summed E-state index contributed by atoms with van der Waals surface area (Å²) < 4.78 is 1.82. The van der Waals surface area contributed by atoms with Crippen molar-refractivity contribution in [3.8, 4) is 0 Å². The molecule has 2 rings (SSSR count). The first kappa shape index (κ1) is 20.0. The van der Waals surface area contributed by atoms with Crippen LogP contribution in [0.1, 0.15) is 41.0 Å². The van der Waals surface area contributed by atoms with Crippen molar-refractivity contribution in [2.75, 3.05) is 24.5 Å². The molecule has 4 nitrogen and oxygen atoms in total. The molecule has 0 saturated carbocycles. The van der Waals surface area contributed by atoms with Crippen LogP contribution in [-0.4, -0.2) is 35.5 Å². The number of carbonyl (C=O) groups is 1. The molecule has 0 radical (unpaired) electrons. The van der Waals surface area contributed by atoms with Crippen molar-refractivity contribution in [2.45, 2.75) is 45.4 Å². The molecule has 1 heterocycles. The van der Waals surface area contributed by atoms with E-state index in [1.54, 1.807) is 11.3 Å². The SMILES string of the molecule is CCCN(C(=O)N(CC(C)C)CC(C)C)c1ccc2nc(S)sc2c1. The van der Waals surface area contributed by atoms with Gasteiger partial charge in [0, 0.05) is 25.3 Å². The minimum absolute atomic E-state index is 0.0965. The Bertz CT molecular complexity index is 702. The summed E-state index contributed by atoms with van der Waals surface area (Å²) in [4.78, 5) is 21.6. The number of urea groups is 1. The van der Waals surface area contributed by atoms with Crippen molar-refractivity contribution in [3.05, 3.63) is 18.2 Å². The van der Waals surface area contributed by atoms with Gasteiger partial charge in [-0.3, -0.25) is 4.90 Å². The van der Waals surface area contributed by atoms with E-state index in [2.05, 4.69) is 58.3 Å². The monoisotopic (exact) mass is 379 g/mol. The van der Waals surface area contributed by atoms with Gasteiger partial charge in [0.15, 0.2) is 0 Å². The maximum absolute atomic E-state index is 13.3. The number of fused-ring (bicyclic) bond motifs is 1. The Morgan fingerprint density at radius 3 is 2.40 bits per heavy atom. The number of hydrogen-bond donors (Lipinski definition) is 1. The minimum atomic E-state index is 0.0965. The number of thiazole rings is 1. The van der Waals surface area contributed by atoms with Crippen molar-refractivity contribution in [1.82, 2.24) is 9.88 Å². The number of hydrogen-bond acceptors (Lipinski definition) is 4. The standard InChI is InChI=1S/C19H29N3OS2/c1-6-9-22(19(23)21(11-13(2)3)12-14(4)5)15-7-8-16-17(10-15)25-18(24)20-16/h7-8,10,13-14H,6,9,11-12H2,1-5H3,(H,20,24). The molecule has 0 unspecified atom stereocenters. The lowest BCUT2D eigenvalue weighted by atomic mass is 10.1. The minimum Gasteiger partial charge on any atom is -0.324 e. The summed E-state index contributed by atoms with van der Waals surface area (Å²) >= 11 is 5.88. The van der Waals surface area contributed by atoms with Crippen LogP contribution in [0, 0.1) is 11.8 Å². The van der Waals surface area contributed by atoms with Crippen LogP contribution in [0.25, 0.3) is 10.2 Å². The number of thiol groups is 1. The van der Waals surface area contributed by atoms with Gasteiger partial charge >= 0.3 is 6.03 Å². The molecule has 0 atom stereocenters. The van der Waals surface area contributed by atoms with E-state index in [1.165, 1.54) is 0 Å². The van der Waals surface area contributed by atoms with Crippen LogP contribution >= 0.6 is 24.0 Å². The lowest BCUT2D eigenvalue weighted by Gasteiger charge is -2.33. The molecule has 138 valence electrons. The fraction of sp³-hybridized carbons (Fsp3) is 0.579. The summed E-state index contributed by atoms with van der Waals surface area (Å²) in [6.07, 6.45) is 0.918. The zero-order chi connectivity index (χ0) is 18.6. The molecule has 0 aliphatic carbocycles. The maximum atomic E-state index is 13.3. The first-order valence-electron chi connectivity index (χ1n) is 8.97. The Hall–Kier alpha value is -1.27. The van der Waals surface area contributed by atoms with E-state index < -0.39 is 0 Å². The normalized spacial score (nSPS) is 11.5. The molecule has 0 N–H and O–H groups in total. The van der Waals surface area contributed by atoms with Crippen molar-refractivity contribution in [1.29, 1.82) is 0 Å². The fourth-order valence-electron chi connectivity index (χ4n) is 2.91. The average molecular weight is 380 g/mol. The van der Waals surface area contributed by atoms with Gasteiger partial charge in [-0.05, 0) is 36.5 Å². The number of aromatic nitrogens is 1. The van der Waals surface area contributed by atoms with Gasteiger partial charge in [0.25, 0.3) is 0 Å². The van der Waals surface area contributed by atoms with E-state index in [1.807, 2.05) is 21.9 Å². The highest BCUT2D eigenvalue weighted by Gasteiger charge is 2.23. The summed E-state index contributed by atoms with van der Waals surface area (Å²) in [5.74, 6) is 0.892. The van der Waals surface area contributed by atoms with Gasteiger partial charge in [-0.1, -0.05) is 34.6 Å². The molecule has 6 heteroatoms. The largest absolute Gasteiger partial charge is 0.324 e. The number of amides is 2. The Morgan fingerprint density at radius 2 is 1.84 bits per heavy atom. The van der Waals surface area contributed by atoms with Crippen LogP contribution in [0.5, 0.6) is 0 Å². The second-order valence-corrected chi connectivity index (χ2v) is 9.03. The predicted molar refractivity (Wildman–Crippen MR) is 111 cm³/mol. The lowest BCUT2D eigenvalue weighted by Crippen LogP contribution is -2.46. The molecule has 25 heavy (non-hydrogen) atoms. The van der Waals surface area contributed by atoms with Crippen molar-refractivity contribution >= 4 is 45.9 Å². The number of nitrogens with zero attached hydrogens (tertiary/aromatic N) is 3. The van der Waals surface area contributed by atoms with Crippen molar-refractivity contribution in [2.24, 2.45) is 11.8 Å². The summed E-state index contributed by atoms with van der Waals surface area (Å²) in [7, 11) is 0. The van der Waals surface area contributed by atoms with Crippen LogP contribution in [0.15, 0.2) is 22.5 Å². The lowest BCUT2D eigenvalue weighted by molar-refractivity contribution is 0.189. The molecule has 0 spiro atoms. The predicted octanol–water partition coefficient (Wildman–Crippen LogP) is 5.54. The summed E-state index contributed by atoms with van der Waals surface area (Å²) in [5.41, 5.74) is 1.87. The number of rotatable bonds is 7. The van der Waals surface area contributed by atoms with Gasteiger partial charge in [0.05, 0.1) is 10.2 Å². The third-order valence-electron chi connectivity index (χ3n) is 3.79. The Kier molecular flexibility index (Phi) is 7.14. The van der Waals surface area contributed by atoms with Crippen LogP contribution < -0.4 is 4.90 Å². The molecule has 0 saturated heterocycles. The highest BCUT2D eigenvalue weighted by Crippen LogP contribution is 2.29. The summed E-state index contributed by atoms with van der Waals surface area (Å²) in [5, 5.41) is 0. The molecule has 0 fully saturated rings. The number of carbonyl (C=O) groups excluding carboxylic acids is 1. The van der Waals surface area contributed by atoms with Gasteiger partial charge in [-0.15, -0.1) is 24.0 Å². The van der Waals surface area contributed by atoms with E-state index in [-0.39, 0.29) is 6.03 Å². The first-order chi connectivity index (χ1) is 11.8. The van der Waals surface area contributed by atoms with E-state index in [9.17, 15) is 4.79 Å². The topological polar surface area (TPSA) is 36.4 Å². The fourth-order valence-corrected chi connectivity index (χ4v) is 4.05. The third-order valence-corrected chi connectivity index (χ3v) is 4.99. The highest BCUT2D eigenvalue weighted by molar-refractivity contribution is 7.82. The Labute approximate surface area is 160 Å². The summed E-state index contributed by atoms with van der Waals surface area (Å²) in [6, 6.07) is 6.13. The van der Waals surface area contributed by atoms with Gasteiger partial charge in [0.1, 0.15) is 4.34 Å². The smallest absolute Gasteiger partial charge is 0.324 e. The molecule has 0 aliphatic rings. The highest BCUT2D eigenvalue weighted by atomic mass is 32.2. The van der Waals surface area contributed by atoms with Crippen LogP contribution in [-0.2, 0) is 0 Å². The van der Waals surface area contributed by atoms with Gasteiger partial charge in [-0.25, -0.2) is 9.78 Å². The van der Waals surface area contributed by atoms with E-state index in [0.29, 0.717) is 18.4 Å². The molecular formula is C19H29N3OS2. The molecule has 2 aromatic rings. The summed E-state index contributed by atoms with van der Waals surface area (Å²) in [6.45, 7) is 13.0. The van der Waals surface area contributed by atoms with Crippen LogP contribution in [0.2, 0.25) is 0 Å². The third kappa shape index (κ3) is 5.35. The molecule has 2 amide bonds. The molecule has 1 aromatic heterocycles. The number of anilines is 1. The van der Waals surface area contributed by atoms with E-state index in [0.717, 1.165) is 39.8 Å². The van der Waals surface area contributed by atoms with Crippen molar-refractivity contribution < 1.29 is 4.79 Å². The molecule has 1 aromatic carbocycles. The van der Waals surface area contributed by atoms with E-state index in [4.69, 9.17) is 0 Å². The molecule has 0 aliphatic heterocycles. The van der Waals surface area contributed by atoms with E-state index >= 15 is 0 Å². The first-order valence-corrected chi connectivity index (χ1v) is 10.2. The quantitative estimate of drug-likeness (QED) is 0.642. The zero-order valence-corrected chi connectivity index (χ0v) is 17.5.